The van der Waals surface area contributed by atoms with Crippen molar-refractivity contribution in [1.29, 1.82) is 0 Å². The van der Waals surface area contributed by atoms with Crippen molar-refractivity contribution in [3.63, 3.8) is 0 Å². The fraction of sp³-hybridized carbons (Fsp3) is 0.0500. The number of nitrogens with zero attached hydrogens (tertiary/aromatic N) is 1. The molecule has 0 aliphatic carbocycles. The van der Waals surface area contributed by atoms with Gasteiger partial charge in [0.05, 0.1) is 11.3 Å². The zero-order valence-corrected chi connectivity index (χ0v) is 13.7. The number of hydrogen-bond donors (Lipinski definition) is 2. The highest BCUT2D eigenvalue weighted by Crippen LogP contribution is 2.35. The van der Waals surface area contributed by atoms with E-state index in [0.29, 0.717) is 34.9 Å². The number of carbonyl (C=O) groups is 2. The van der Waals surface area contributed by atoms with E-state index >= 15 is 0 Å². The summed E-state index contributed by atoms with van der Waals surface area (Å²) in [6.45, 7) is 0.373. The van der Waals surface area contributed by atoms with Crippen LogP contribution in [0.3, 0.4) is 0 Å². The van der Waals surface area contributed by atoms with Gasteiger partial charge in [0.2, 0.25) is 0 Å². The molecular weight excluding hydrogens is 330 g/mol. The molecule has 2 aromatic carbocycles. The summed E-state index contributed by atoms with van der Waals surface area (Å²) in [5, 5.41) is 5.63. The molecule has 0 spiro atoms. The highest BCUT2D eigenvalue weighted by molar-refractivity contribution is 6.08. The topological polar surface area (TPSA) is 80.3 Å². The first-order valence-electron chi connectivity index (χ1n) is 8.10. The maximum atomic E-state index is 12.4. The van der Waals surface area contributed by atoms with E-state index in [4.69, 9.17) is 4.74 Å². The van der Waals surface area contributed by atoms with Crippen LogP contribution in [0.1, 0.15) is 26.3 Å². The van der Waals surface area contributed by atoms with Crippen LogP contribution < -0.4 is 15.4 Å². The molecule has 1 aliphatic heterocycles. The molecule has 0 unspecified atom stereocenters. The van der Waals surface area contributed by atoms with E-state index in [9.17, 15) is 9.59 Å². The van der Waals surface area contributed by atoms with Crippen molar-refractivity contribution in [3.05, 3.63) is 83.7 Å². The van der Waals surface area contributed by atoms with Gasteiger partial charge in [-0.1, -0.05) is 18.2 Å². The molecule has 26 heavy (non-hydrogen) atoms. The van der Waals surface area contributed by atoms with Gasteiger partial charge in [0, 0.05) is 24.5 Å². The summed E-state index contributed by atoms with van der Waals surface area (Å²) in [7, 11) is 0. The van der Waals surface area contributed by atoms with Crippen LogP contribution in [0, 0.1) is 0 Å². The van der Waals surface area contributed by atoms with Gasteiger partial charge in [-0.05, 0) is 42.0 Å². The van der Waals surface area contributed by atoms with Gasteiger partial charge in [0.1, 0.15) is 5.75 Å². The zero-order chi connectivity index (χ0) is 17.9. The largest absolute Gasteiger partial charge is 0.454 e. The number of benzene rings is 2. The van der Waals surface area contributed by atoms with Gasteiger partial charge in [-0.25, -0.2) is 0 Å². The van der Waals surface area contributed by atoms with Crippen molar-refractivity contribution < 1.29 is 14.3 Å². The molecule has 0 bridgehead atoms. The summed E-state index contributed by atoms with van der Waals surface area (Å²) >= 11 is 0. The molecule has 2 N–H and O–H groups in total. The Bertz CT molecular complexity index is 987. The molecule has 3 aromatic rings. The summed E-state index contributed by atoms with van der Waals surface area (Å²) in [4.78, 5) is 28.8. The van der Waals surface area contributed by atoms with Crippen LogP contribution in [0.2, 0.25) is 0 Å². The third kappa shape index (κ3) is 3.12. The quantitative estimate of drug-likeness (QED) is 0.763. The van der Waals surface area contributed by atoms with Gasteiger partial charge in [0.15, 0.2) is 5.75 Å². The van der Waals surface area contributed by atoms with Crippen molar-refractivity contribution in [2.45, 2.75) is 6.54 Å². The molecule has 1 aliphatic rings. The molecule has 0 saturated heterocycles. The van der Waals surface area contributed by atoms with Crippen molar-refractivity contribution >= 4 is 17.5 Å². The van der Waals surface area contributed by atoms with Crippen LogP contribution in [0.4, 0.5) is 5.69 Å². The lowest BCUT2D eigenvalue weighted by Crippen LogP contribution is -2.23. The average molecular weight is 345 g/mol. The molecule has 4 rings (SSSR count). The maximum absolute atomic E-state index is 12.4. The second-order valence-electron chi connectivity index (χ2n) is 5.81. The van der Waals surface area contributed by atoms with Gasteiger partial charge >= 0.3 is 0 Å². The third-order valence-corrected chi connectivity index (χ3v) is 4.02. The zero-order valence-electron chi connectivity index (χ0n) is 13.7. The lowest BCUT2D eigenvalue weighted by Gasteiger charge is -2.10. The van der Waals surface area contributed by atoms with E-state index in [1.165, 1.54) is 0 Å². The monoisotopic (exact) mass is 345 g/mol. The minimum atomic E-state index is -0.271. The first kappa shape index (κ1) is 15.8. The molecule has 1 aromatic heterocycles. The summed E-state index contributed by atoms with van der Waals surface area (Å²) in [6.07, 6.45) is 3.38. The van der Waals surface area contributed by atoms with E-state index in [0.717, 1.165) is 5.56 Å². The van der Waals surface area contributed by atoms with Crippen molar-refractivity contribution in [2.75, 3.05) is 5.32 Å². The molecule has 6 nitrogen and oxygen atoms in total. The Morgan fingerprint density at radius 1 is 1.08 bits per heavy atom. The normalized spacial score (nSPS) is 12.1. The van der Waals surface area contributed by atoms with Crippen molar-refractivity contribution in [2.24, 2.45) is 0 Å². The van der Waals surface area contributed by atoms with Crippen LogP contribution in [0.5, 0.6) is 11.5 Å². The van der Waals surface area contributed by atoms with Crippen LogP contribution in [-0.2, 0) is 6.54 Å². The first-order chi connectivity index (χ1) is 12.7. The standard InChI is InChI=1S/C20H15N3O3/c24-19(22-12-13-4-3-9-21-11-13)14-7-8-18-16(10-14)23-20(25)15-5-1-2-6-17(15)26-18/h1-11H,12H2,(H,22,24)(H,23,25). The molecular formula is C20H15N3O3. The molecule has 0 radical (unpaired) electrons. The Morgan fingerprint density at radius 2 is 1.96 bits per heavy atom. The van der Waals surface area contributed by atoms with Gasteiger partial charge in [-0.3, -0.25) is 14.6 Å². The van der Waals surface area contributed by atoms with E-state index in [1.54, 1.807) is 54.9 Å². The van der Waals surface area contributed by atoms with Crippen LogP contribution in [-0.4, -0.2) is 16.8 Å². The predicted molar refractivity (Wildman–Crippen MR) is 96.3 cm³/mol. The average Bonchev–Trinajstić information content (AvgIpc) is 2.82. The van der Waals surface area contributed by atoms with Crippen molar-refractivity contribution in [1.82, 2.24) is 10.3 Å². The summed E-state index contributed by atoms with van der Waals surface area (Å²) in [5.74, 6) is 0.463. The van der Waals surface area contributed by atoms with E-state index in [2.05, 4.69) is 15.6 Å². The van der Waals surface area contributed by atoms with Gasteiger partial charge in [-0.15, -0.1) is 0 Å². The van der Waals surface area contributed by atoms with Crippen LogP contribution in [0.15, 0.2) is 67.0 Å². The molecule has 0 saturated carbocycles. The molecule has 2 amide bonds. The smallest absolute Gasteiger partial charge is 0.259 e. The second kappa shape index (κ2) is 6.68. The summed E-state index contributed by atoms with van der Waals surface area (Å²) in [6, 6.07) is 15.7. The molecule has 0 fully saturated rings. The molecule has 128 valence electrons. The Kier molecular flexibility index (Phi) is 4.07. The minimum absolute atomic E-state index is 0.243. The number of amides is 2. The van der Waals surface area contributed by atoms with E-state index in [-0.39, 0.29) is 11.8 Å². The minimum Gasteiger partial charge on any atom is -0.454 e. The third-order valence-electron chi connectivity index (χ3n) is 4.02. The Labute approximate surface area is 149 Å². The van der Waals surface area contributed by atoms with Crippen LogP contribution in [0.25, 0.3) is 0 Å². The lowest BCUT2D eigenvalue weighted by molar-refractivity contribution is 0.0949. The lowest BCUT2D eigenvalue weighted by atomic mass is 10.1. The Balaban J connectivity index is 1.55. The van der Waals surface area contributed by atoms with E-state index < -0.39 is 0 Å². The number of pyridine rings is 1. The number of fused-ring (bicyclic) bond motifs is 2. The Morgan fingerprint density at radius 3 is 2.81 bits per heavy atom. The highest BCUT2D eigenvalue weighted by atomic mass is 16.5. The summed E-state index contributed by atoms with van der Waals surface area (Å²) < 4.78 is 5.81. The second-order valence-corrected chi connectivity index (χ2v) is 5.81. The molecule has 6 heteroatoms. The SMILES string of the molecule is O=C(NCc1cccnc1)c1ccc2c(c1)NC(=O)c1ccccc1O2. The number of nitrogens with one attached hydrogen (secondary N) is 2. The fourth-order valence-corrected chi connectivity index (χ4v) is 2.70. The predicted octanol–water partition coefficient (Wildman–Crippen LogP) is 3.37. The van der Waals surface area contributed by atoms with Gasteiger partial charge < -0.3 is 15.4 Å². The molecule has 0 atom stereocenters. The van der Waals surface area contributed by atoms with E-state index in [1.807, 2.05) is 12.1 Å². The number of anilines is 1. The maximum Gasteiger partial charge on any atom is 0.259 e. The fourth-order valence-electron chi connectivity index (χ4n) is 2.70. The van der Waals surface area contributed by atoms with Gasteiger partial charge in [0.25, 0.3) is 11.8 Å². The van der Waals surface area contributed by atoms with Crippen molar-refractivity contribution in [3.8, 4) is 11.5 Å². The van der Waals surface area contributed by atoms with Gasteiger partial charge in [-0.2, -0.15) is 0 Å². The highest BCUT2D eigenvalue weighted by Gasteiger charge is 2.21. The summed E-state index contributed by atoms with van der Waals surface area (Å²) in [5.41, 5.74) is 2.25. The number of ether oxygens (including phenoxy) is 1. The number of para-hydroxylation sites is 1. The first-order valence-corrected chi connectivity index (χ1v) is 8.10. The number of rotatable bonds is 3. The van der Waals surface area contributed by atoms with Crippen LogP contribution >= 0.6 is 0 Å². The molecule has 2 heterocycles. The Hall–Kier alpha value is -3.67. The number of carbonyl (C=O) groups excluding carboxylic acids is 2. The number of aromatic nitrogens is 1. The number of hydrogen-bond acceptors (Lipinski definition) is 4.